The van der Waals surface area contributed by atoms with Gasteiger partial charge in [-0.3, -0.25) is 14.6 Å². The van der Waals surface area contributed by atoms with Crippen molar-refractivity contribution < 1.29 is 14.3 Å². The van der Waals surface area contributed by atoms with E-state index in [1.807, 2.05) is 4.90 Å². The predicted octanol–water partition coefficient (Wildman–Crippen LogP) is 2.66. The van der Waals surface area contributed by atoms with Gasteiger partial charge in [0.15, 0.2) is 0 Å². The fraction of sp³-hybridized carbons (Fsp3) is 0.316. The molecule has 142 valence electrons. The standard InChI is InChI=1S/C19H21ClN4O3/c1-13(25)23-5-7-24(8-6-23)16-9-14(11-21-12-16)19(26)22-15-3-4-18(27-2)17(20)10-15/h3-4,9-12H,5-8H2,1-2H3,(H,22,26). The number of pyridine rings is 1. The van der Waals surface area contributed by atoms with Gasteiger partial charge in [0.1, 0.15) is 5.75 Å². The average molecular weight is 389 g/mol. The second-order valence-corrected chi connectivity index (χ2v) is 6.64. The molecule has 1 N–H and O–H groups in total. The summed E-state index contributed by atoms with van der Waals surface area (Å²) < 4.78 is 5.11. The number of anilines is 2. The zero-order chi connectivity index (χ0) is 19.4. The summed E-state index contributed by atoms with van der Waals surface area (Å²) in [5, 5.41) is 3.23. The minimum Gasteiger partial charge on any atom is -0.495 e. The van der Waals surface area contributed by atoms with Gasteiger partial charge >= 0.3 is 0 Å². The third-order valence-electron chi connectivity index (χ3n) is 4.49. The number of aromatic nitrogens is 1. The number of rotatable bonds is 4. The third kappa shape index (κ3) is 4.49. The molecule has 0 aliphatic carbocycles. The zero-order valence-corrected chi connectivity index (χ0v) is 16.0. The number of benzene rings is 1. The number of nitrogens with one attached hydrogen (secondary N) is 1. The highest BCUT2D eigenvalue weighted by atomic mass is 35.5. The summed E-state index contributed by atoms with van der Waals surface area (Å²) in [7, 11) is 1.53. The molecule has 0 bridgehead atoms. The first-order chi connectivity index (χ1) is 13.0. The molecule has 0 unspecified atom stereocenters. The number of piperazine rings is 1. The van der Waals surface area contributed by atoms with Gasteiger partial charge in [-0.05, 0) is 24.3 Å². The van der Waals surface area contributed by atoms with E-state index in [1.165, 1.54) is 13.3 Å². The molecule has 1 saturated heterocycles. The number of ether oxygens (including phenoxy) is 1. The van der Waals surface area contributed by atoms with Crippen LogP contribution in [0.1, 0.15) is 17.3 Å². The van der Waals surface area contributed by atoms with Crippen molar-refractivity contribution in [3.63, 3.8) is 0 Å². The summed E-state index contributed by atoms with van der Waals surface area (Å²) in [6.07, 6.45) is 3.25. The van der Waals surface area contributed by atoms with E-state index < -0.39 is 0 Å². The monoisotopic (exact) mass is 388 g/mol. The Balaban J connectivity index is 1.69. The minimum absolute atomic E-state index is 0.0825. The Kier molecular flexibility index (Phi) is 5.81. The van der Waals surface area contributed by atoms with Crippen LogP contribution in [0.3, 0.4) is 0 Å². The normalized spacial score (nSPS) is 14.0. The second-order valence-electron chi connectivity index (χ2n) is 6.23. The summed E-state index contributed by atoms with van der Waals surface area (Å²) >= 11 is 6.10. The van der Waals surface area contributed by atoms with Crippen molar-refractivity contribution in [2.75, 3.05) is 43.5 Å². The number of halogens is 1. The van der Waals surface area contributed by atoms with E-state index in [0.29, 0.717) is 48.2 Å². The van der Waals surface area contributed by atoms with Gasteiger partial charge in [-0.1, -0.05) is 11.6 Å². The quantitative estimate of drug-likeness (QED) is 0.871. The van der Waals surface area contributed by atoms with E-state index >= 15 is 0 Å². The SMILES string of the molecule is COc1ccc(NC(=O)c2cncc(N3CCN(C(C)=O)CC3)c2)cc1Cl. The Hall–Kier alpha value is -2.80. The first-order valence-electron chi connectivity index (χ1n) is 8.58. The maximum Gasteiger partial charge on any atom is 0.257 e. The van der Waals surface area contributed by atoms with Crippen LogP contribution in [0.5, 0.6) is 5.75 Å². The first kappa shape index (κ1) is 19.0. The van der Waals surface area contributed by atoms with Crippen molar-refractivity contribution in [1.82, 2.24) is 9.88 Å². The highest BCUT2D eigenvalue weighted by Crippen LogP contribution is 2.27. The molecule has 2 heterocycles. The van der Waals surface area contributed by atoms with Crippen LogP contribution in [-0.2, 0) is 4.79 Å². The van der Waals surface area contributed by atoms with E-state index in [1.54, 1.807) is 37.4 Å². The van der Waals surface area contributed by atoms with Gasteiger partial charge in [-0.15, -0.1) is 0 Å². The first-order valence-corrected chi connectivity index (χ1v) is 8.96. The van der Waals surface area contributed by atoms with E-state index in [4.69, 9.17) is 16.3 Å². The van der Waals surface area contributed by atoms with Crippen LogP contribution in [0.25, 0.3) is 0 Å². The number of carbonyl (C=O) groups is 2. The van der Waals surface area contributed by atoms with E-state index in [2.05, 4.69) is 15.2 Å². The van der Waals surface area contributed by atoms with Crippen molar-refractivity contribution >= 4 is 34.8 Å². The Morgan fingerprint density at radius 1 is 1.15 bits per heavy atom. The Labute approximate surface area is 162 Å². The van der Waals surface area contributed by atoms with Crippen LogP contribution in [0.2, 0.25) is 5.02 Å². The second kappa shape index (κ2) is 8.26. The fourth-order valence-electron chi connectivity index (χ4n) is 2.95. The topological polar surface area (TPSA) is 74.8 Å². The molecule has 0 atom stereocenters. The Morgan fingerprint density at radius 2 is 1.89 bits per heavy atom. The molecule has 1 aliphatic rings. The maximum absolute atomic E-state index is 12.6. The van der Waals surface area contributed by atoms with Crippen LogP contribution < -0.4 is 15.0 Å². The highest BCUT2D eigenvalue weighted by molar-refractivity contribution is 6.32. The average Bonchev–Trinajstić information content (AvgIpc) is 2.68. The number of hydrogen-bond donors (Lipinski definition) is 1. The minimum atomic E-state index is -0.270. The lowest BCUT2D eigenvalue weighted by Crippen LogP contribution is -2.48. The Bertz CT molecular complexity index is 851. The van der Waals surface area contributed by atoms with Crippen molar-refractivity contribution in [3.05, 3.63) is 47.2 Å². The fourth-order valence-corrected chi connectivity index (χ4v) is 3.21. The van der Waals surface area contributed by atoms with Crippen LogP contribution in [0.4, 0.5) is 11.4 Å². The van der Waals surface area contributed by atoms with Gasteiger partial charge in [0.2, 0.25) is 5.91 Å². The van der Waals surface area contributed by atoms with Crippen LogP contribution in [0, 0.1) is 0 Å². The summed E-state index contributed by atoms with van der Waals surface area (Å²) in [6.45, 7) is 4.32. The molecule has 1 aliphatic heterocycles. The molecule has 3 rings (SSSR count). The number of carbonyl (C=O) groups excluding carboxylic acids is 2. The molecule has 0 spiro atoms. The number of hydrogen-bond acceptors (Lipinski definition) is 5. The predicted molar refractivity (Wildman–Crippen MR) is 105 cm³/mol. The molecule has 0 radical (unpaired) electrons. The molecule has 1 aromatic heterocycles. The number of methoxy groups -OCH3 is 1. The molecular formula is C19H21ClN4O3. The van der Waals surface area contributed by atoms with Crippen LogP contribution in [0.15, 0.2) is 36.7 Å². The molecule has 2 aromatic rings. The van der Waals surface area contributed by atoms with Crippen molar-refractivity contribution in [1.29, 1.82) is 0 Å². The van der Waals surface area contributed by atoms with Gasteiger partial charge in [-0.25, -0.2) is 0 Å². The third-order valence-corrected chi connectivity index (χ3v) is 4.78. The van der Waals surface area contributed by atoms with Crippen molar-refractivity contribution in [2.24, 2.45) is 0 Å². The number of nitrogens with zero attached hydrogens (tertiary/aromatic N) is 3. The van der Waals surface area contributed by atoms with Crippen molar-refractivity contribution in [3.8, 4) is 5.75 Å². The summed E-state index contributed by atoms with van der Waals surface area (Å²) in [6, 6.07) is 6.86. The molecule has 27 heavy (non-hydrogen) atoms. The summed E-state index contributed by atoms with van der Waals surface area (Å²) in [5.41, 5.74) is 1.89. The molecule has 1 fully saturated rings. The summed E-state index contributed by atoms with van der Waals surface area (Å²) in [5.74, 6) is 0.357. The van der Waals surface area contributed by atoms with Gasteiger partial charge in [0.25, 0.3) is 5.91 Å². The van der Waals surface area contributed by atoms with E-state index in [0.717, 1.165) is 5.69 Å². The summed E-state index contributed by atoms with van der Waals surface area (Å²) in [4.78, 5) is 32.1. The molecule has 7 nitrogen and oxygen atoms in total. The highest BCUT2D eigenvalue weighted by Gasteiger charge is 2.20. The maximum atomic E-state index is 12.6. The molecule has 0 saturated carbocycles. The number of amides is 2. The lowest BCUT2D eigenvalue weighted by Gasteiger charge is -2.35. The molecular weight excluding hydrogens is 368 g/mol. The zero-order valence-electron chi connectivity index (χ0n) is 15.2. The molecule has 2 amide bonds. The van der Waals surface area contributed by atoms with Crippen molar-refractivity contribution in [2.45, 2.75) is 6.92 Å². The largest absolute Gasteiger partial charge is 0.495 e. The lowest BCUT2D eigenvalue weighted by atomic mass is 10.2. The van der Waals surface area contributed by atoms with Gasteiger partial charge < -0.3 is 19.9 Å². The van der Waals surface area contributed by atoms with Gasteiger partial charge in [0, 0.05) is 45.0 Å². The van der Waals surface area contributed by atoms with Crippen LogP contribution in [-0.4, -0.2) is 55.0 Å². The smallest absolute Gasteiger partial charge is 0.257 e. The lowest BCUT2D eigenvalue weighted by molar-refractivity contribution is -0.129. The molecule has 8 heteroatoms. The van der Waals surface area contributed by atoms with E-state index in [-0.39, 0.29) is 11.8 Å². The molecule has 1 aromatic carbocycles. The van der Waals surface area contributed by atoms with Gasteiger partial charge in [-0.2, -0.15) is 0 Å². The van der Waals surface area contributed by atoms with E-state index in [9.17, 15) is 9.59 Å². The van der Waals surface area contributed by atoms with Gasteiger partial charge in [0.05, 0.1) is 29.6 Å². The Morgan fingerprint density at radius 3 is 2.52 bits per heavy atom. The van der Waals surface area contributed by atoms with Crippen LogP contribution >= 0.6 is 11.6 Å².